The second-order valence-corrected chi connectivity index (χ2v) is 7.29. The fourth-order valence-corrected chi connectivity index (χ4v) is 3.91. The highest BCUT2D eigenvalue weighted by Crippen LogP contribution is 2.34. The van der Waals surface area contributed by atoms with E-state index < -0.39 is 11.9 Å². The van der Waals surface area contributed by atoms with Crippen molar-refractivity contribution in [3.8, 4) is 17.3 Å². The van der Waals surface area contributed by atoms with Crippen molar-refractivity contribution in [3.05, 3.63) is 34.2 Å². The van der Waals surface area contributed by atoms with Crippen LogP contribution in [0.5, 0.6) is 0 Å². The lowest BCUT2D eigenvalue weighted by atomic mass is 10.0. The number of hydrogen-bond acceptors (Lipinski definition) is 5. The van der Waals surface area contributed by atoms with E-state index in [1.165, 1.54) is 0 Å². The molecule has 0 unspecified atom stereocenters. The highest BCUT2D eigenvalue weighted by Gasteiger charge is 2.34. The number of carboxylic acids is 1. The lowest BCUT2D eigenvalue weighted by molar-refractivity contribution is -0.141. The van der Waals surface area contributed by atoms with E-state index in [0.717, 1.165) is 11.3 Å². The Morgan fingerprint density at radius 3 is 2.76 bits per heavy atom. The molecule has 1 aliphatic rings. The molecule has 6 nitrogen and oxygen atoms in total. The summed E-state index contributed by atoms with van der Waals surface area (Å²) in [5, 5.41) is 21.9. The zero-order valence-electron chi connectivity index (χ0n) is 13.0. The normalized spacial score (nSPS) is 19.4. The van der Waals surface area contributed by atoms with Crippen LogP contribution in [0.2, 0.25) is 5.02 Å². The summed E-state index contributed by atoms with van der Waals surface area (Å²) >= 11 is 7.07. The van der Waals surface area contributed by atoms with Gasteiger partial charge in [0, 0.05) is 16.5 Å². The standard InChI is InChI=1S/C17H14ClN3O3S/c18-12-3-1-2-9(7-12)14-13(8-19)25-17(20-14)21-15(22)10-4-5-11(6-10)16(23)24/h1-3,7,10-11H,4-6H2,(H,23,24)(H,20,21,22)/t10-,11+/m0/s1. The van der Waals surface area contributed by atoms with Crippen LogP contribution in [0.25, 0.3) is 11.3 Å². The predicted molar refractivity (Wildman–Crippen MR) is 94.4 cm³/mol. The van der Waals surface area contributed by atoms with Crippen LogP contribution in [0.4, 0.5) is 5.13 Å². The van der Waals surface area contributed by atoms with E-state index in [1.807, 2.05) is 0 Å². The van der Waals surface area contributed by atoms with Crippen LogP contribution in [-0.2, 0) is 9.59 Å². The van der Waals surface area contributed by atoms with Crippen molar-refractivity contribution in [3.63, 3.8) is 0 Å². The van der Waals surface area contributed by atoms with E-state index >= 15 is 0 Å². The SMILES string of the molecule is N#Cc1sc(NC(=O)[C@H]2CC[C@@H](C(=O)O)C2)nc1-c1cccc(Cl)c1. The monoisotopic (exact) mass is 375 g/mol. The number of amides is 1. The maximum Gasteiger partial charge on any atom is 0.306 e. The van der Waals surface area contributed by atoms with Crippen molar-refractivity contribution in [2.24, 2.45) is 11.8 Å². The van der Waals surface area contributed by atoms with Crippen LogP contribution in [0.3, 0.4) is 0 Å². The summed E-state index contributed by atoms with van der Waals surface area (Å²) in [6.45, 7) is 0. The predicted octanol–water partition coefficient (Wildman–Crippen LogP) is 3.77. The van der Waals surface area contributed by atoms with E-state index in [1.54, 1.807) is 24.3 Å². The summed E-state index contributed by atoms with van der Waals surface area (Å²) in [5.41, 5.74) is 1.17. The fraction of sp³-hybridized carbons (Fsp3) is 0.294. The maximum atomic E-state index is 12.3. The zero-order valence-corrected chi connectivity index (χ0v) is 14.6. The number of anilines is 1. The van der Waals surface area contributed by atoms with Crippen molar-refractivity contribution in [1.29, 1.82) is 5.26 Å². The summed E-state index contributed by atoms with van der Waals surface area (Å²) in [7, 11) is 0. The van der Waals surface area contributed by atoms with Gasteiger partial charge in [0.2, 0.25) is 5.91 Å². The smallest absolute Gasteiger partial charge is 0.306 e. The number of rotatable bonds is 4. The van der Waals surface area contributed by atoms with Gasteiger partial charge in [0.05, 0.1) is 5.92 Å². The Kier molecular flexibility index (Phi) is 5.02. The van der Waals surface area contributed by atoms with Crippen LogP contribution >= 0.6 is 22.9 Å². The van der Waals surface area contributed by atoms with Crippen LogP contribution in [-0.4, -0.2) is 22.0 Å². The lowest BCUT2D eigenvalue weighted by Crippen LogP contribution is -2.21. The van der Waals surface area contributed by atoms with Gasteiger partial charge in [-0.1, -0.05) is 35.1 Å². The first-order chi connectivity index (χ1) is 12.0. The summed E-state index contributed by atoms with van der Waals surface area (Å²) in [6.07, 6.45) is 1.38. The molecular weight excluding hydrogens is 362 g/mol. The molecule has 0 bridgehead atoms. The quantitative estimate of drug-likeness (QED) is 0.846. The average molecular weight is 376 g/mol. The molecule has 0 saturated heterocycles. The van der Waals surface area contributed by atoms with Crippen LogP contribution in [0.1, 0.15) is 24.1 Å². The van der Waals surface area contributed by atoms with E-state index in [0.29, 0.717) is 45.6 Å². The number of nitriles is 1. The molecule has 25 heavy (non-hydrogen) atoms. The van der Waals surface area contributed by atoms with E-state index in [4.69, 9.17) is 16.7 Å². The topological polar surface area (TPSA) is 103 Å². The van der Waals surface area contributed by atoms with Gasteiger partial charge < -0.3 is 10.4 Å². The second-order valence-electron chi connectivity index (χ2n) is 5.85. The number of aliphatic carboxylic acids is 1. The molecule has 1 amide bonds. The molecule has 128 valence electrons. The highest BCUT2D eigenvalue weighted by molar-refractivity contribution is 7.16. The number of carboxylic acid groups (broad SMARTS) is 1. The minimum absolute atomic E-state index is 0.250. The molecule has 2 aromatic rings. The molecule has 1 heterocycles. The summed E-state index contributed by atoms with van der Waals surface area (Å²) < 4.78 is 0. The first kappa shape index (κ1) is 17.4. The van der Waals surface area contributed by atoms with Crippen LogP contribution < -0.4 is 5.32 Å². The summed E-state index contributed by atoms with van der Waals surface area (Å²) in [6, 6.07) is 9.07. The summed E-state index contributed by atoms with van der Waals surface area (Å²) in [5.74, 6) is -1.92. The Balaban J connectivity index is 1.77. The van der Waals surface area contributed by atoms with Gasteiger partial charge in [0.1, 0.15) is 16.6 Å². The Hall–Kier alpha value is -2.43. The molecule has 2 N–H and O–H groups in total. The molecule has 1 aromatic carbocycles. The van der Waals surface area contributed by atoms with Gasteiger partial charge in [-0.2, -0.15) is 5.26 Å². The van der Waals surface area contributed by atoms with Crippen molar-refractivity contribution >= 4 is 39.9 Å². The molecule has 0 spiro atoms. The largest absolute Gasteiger partial charge is 0.481 e. The maximum absolute atomic E-state index is 12.3. The first-order valence-corrected chi connectivity index (χ1v) is 8.88. The number of benzene rings is 1. The molecular formula is C17H14ClN3O3S. The van der Waals surface area contributed by atoms with Gasteiger partial charge in [-0.15, -0.1) is 0 Å². The zero-order chi connectivity index (χ0) is 18.0. The Labute approximate surface area is 153 Å². The van der Waals surface area contributed by atoms with E-state index in [2.05, 4.69) is 16.4 Å². The van der Waals surface area contributed by atoms with Gasteiger partial charge in [-0.25, -0.2) is 4.98 Å². The fourth-order valence-electron chi connectivity index (χ4n) is 2.93. The molecule has 3 rings (SSSR count). The highest BCUT2D eigenvalue weighted by atomic mass is 35.5. The Bertz CT molecular complexity index is 874. The molecule has 1 aromatic heterocycles. The number of carbonyl (C=O) groups is 2. The van der Waals surface area contributed by atoms with Crippen molar-refractivity contribution in [2.45, 2.75) is 19.3 Å². The van der Waals surface area contributed by atoms with Crippen LogP contribution in [0, 0.1) is 23.2 Å². The number of aromatic nitrogens is 1. The van der Waals surface area contributed by atoms with Crippen molar-refractivity contribution in [2.75, 3.05) is 5.32 Å². The molecule has 0 radical (unpaired) electrons. The Morgan fingerprint density at radius 2 is 2.12 bits per heavy atom. The third-order valence-electron chi connectivity index (χ3n) is 4.21. The number of nitrogens with one attached hydrogen (secondary N) is 1. The third kappa shape index (κ3) is 3.81. The number of carbonyl (C=O) groups excluding carboxylic acids is 1. The van der Waals surface area contributed by atoms with Gasteiger partial charge in [0.15, 0.2) is 5.13 Å². The average Bonchev–Trinajstić information content (AvgIpc) is 3.21. The minimum atomic E-state index is -0.862. The third-order valence-corrected chi connectivity index (χ3v) is 5.32. The van der Waals surface area contributed by atoms with Crippen LogP contribution in [0.15, 0.2) is 24.3 Å². The minimum Gasteiger partial charge on any atom is -0.481 e. The number of halogens is 1. The molecule has 1 fully saturated rings. The number of hydrogen-bond donors (Lipinski definition) is 2. The van der Waals surface area contributed by atoms with Gasteiger partial charge in [0.25, 0.3) is 0 Å². The Morgan fingerprint density at radius 1 is 1.36 bits per heavy atom. The molecule has 1 aliphatic carbocycles. The molecule has 0 aliphatic heterocycles. The van der Waals surface area contributed by atoms with E-state index in [9.17, 15) is 14.9 Å². The lowest BCUT2D eigenvalue weighted by Gasteiger charge is -2.08. The molecule has 1 saturated carbocycles. The van der Waals surface area contributed by atoms with Gasteiger partial charge in [-0.05, 0) is 31.4 Å². The summed E-state index contributed by atoms with van der Waals surface area (Å²) in [4.78, 5) is 28.1. The van der Waals surface area contributed by atoms with Crippen molar-refractivity contribution in [1.82, 2.24) is 4.98 Å². The van der Waals surface area contributed by atoms with Crippen molar-refractivity contribution < 1.29 is 14.7 Å². The molecule has 2 atom stereocenters. The molecule has 8 heteroatoms. The first-order valence-electron chi connectivity index (χ1n) is 7.68. The van der Waals surface area contributed by atoms with Gasteiger partial charge in [-0.3, -0.25) is 9.59 Å². The van der Waals surface area contributed by atoms with Gasteiger partial charge >= 0.3 is 5.97 Å². The second kappa shape index (κ2) is 7.21. The van der Waals surface area contributed by atoms with E-state index in [-0.39, 0.29) is 11.8 Å². The number of nitrogens with zero attached hydrogens (tertiary/aromatic N) is 2. The number of thiazole rings is 1.